The number of aliphatic hydroxyl groups is 1. The fourth-order valence-electron chi connectivity index (χ4n) is 1.62. The standard InChI is InChI=1S/C12H13F3O3S/c13-12(14,15)19-10-4-2-1-3-9(10)18-8-11(5-16)6-17-7-11/h1-4,16H,5-8H2. The maximum atomic E-state index is 12.4. The molecule has 0 amide bonds. The molecular formula is C12H13F3O3S. The van der Waals surface area contributed by atoms with E-state index in [4.69, 9.17) is 9.47 Å². The SMILES string of the molecule is OCC1(COc2ccccc2SC(F)(F)F)COC1. The van der Waals surface area contributed by atoms with Gasteiger partial charge in [-0.1, -0.05) is 12.1 Å². The second-order valence-corrected chi connectivity index (χ2v) is 5.54. The van der Waals surface area contributed by atoms with Crippen LogP contribution < -0.4 is 4.74 Å². The Bertz CT molecular complexity index is 427. The highest BCUT2D eigenvalue weighted by atomic mass is 32.2. The number of para-hydroxylation sites is 1. The van der Waals surface area contributed by atoms with Gasteiger partial charge in [0.2, 0.25) is 0 Å². The van der Waals surface area contributed by atoms with Gasteiger partial charge in [0.05, 0.1) is 30.1 Å². The molecule has 7 heteroatoms. The number of ether oxygens (including phenoxy) is 2. The summed E-state index contributed by atoms with van der Waals surface area (Å²) >= 11 is -0.208. The van der Waals surface area contributed by atoms with Crippen molar-refractivity contribution in [1.82, 2.24) is 0 Å². The molecule has 1 aliphatic rings. The second kappa shape index (κ2) is 5.60. The number of aliphatic hydroxyl groups excluding tert-OH is 1. The monoisotopic (exact) mass is 294 g/mol. The van der Waals surface area contributed by atoms with Gasteiger partial charge < -0.3 is 14.6 Å². The Labute approximate surface area is 112 Å². The van der Waals surface area contributed by atoms with Gasteiger partial charge in [-0.25, -0.2) is 0 Å². The fraction of sp³-hybridized carbons (Fsp3) is 0.500. The number of rotatable bonds is 5. The van der Waals surface area contributed by atoms with Gasteiger partial charge in [0.15, 0.2) is 0 Å². The predicted octanol–water partition coefficient (Wildman–Crippen LogP) is 2.69. The van der Waals surface area contributed by atoms with Crippen LogP contribution in [0.4, 0.5) is 13.2 Å². The Balaban J connectivity index is 2.03. The van der Waals surface area contributed by atoms with Gasteiger partial charge in [0, 0.05) is 0 Å². The van der Waals surface area contributed by atoms with E-state index in [1.165, 1.54) is 18.2 Å². The zero-order valence-electron chi connectivity index (χ0n) is 9.94. The first kappa shape index (κ1) is 14.5. The summed E-state index contributed by atoms with van der Waals surface area (Å²) in [5.41, 5.74) is -4.84. The maximum Gasteiger partial charge on any atom is 0.446 e. The summed E-state index contributed by atoms with van der Waals surface area (Å²) in [4.78, 5) is 0.0170. The minimum atomic E-state index is -4.35. The molecule has 1 saturated heterocycles. The minimum Gasteiger partial charge on any atom is -0.492 e. The van der Waals surface area contributed by atoms with E-state index in [1.54, 1.807) is 6.07 Å². The van der Waals surface area contributed by atoms with Crippen molar-refractivity contribution in [2.75, 3.05) is 26.4 Å². The van der Waals surface area contributed by atoms with E-state index in [9.17, 15) is 18.3 Å². The van der Waals surface area contributed by atoms with Crippen LogP contribution in [0.5, 0.6) is 5.75 Å². The Morgan fingerprint density at radius 3 is 2.53 bits per heavy atom. The van der Waals surface area contributed by atoms with Crippen LogP contribution in [0.3, 0.4) is 0 Å². The molecule has 19 heavy (non-hydrogen) atoms. The van der Waals surface area contributed by atoms with Crippen LogP contribution >= 0.6 is 11.8 Å². The molecule has 3 nitrogen and oxygen atoms in total. The van der Waals surface area contributed by atoms with Crippen LogP contribution in [-0.2, 0) is 4.74 Å². The first-order chi connectivity index (χ1) is 8.94. The molecule has 0 bridgehead atoms. The van der Waals surface area contributed by atoms with Gasteiger partial charge >= 0.3 is 5.51 Å². The first-order valence-electron chi connectivity index (χ1n) is 5.60. The molecule has 0 saturated carbocycles. The summed E-state index contributed by atoms with van der Waals surface area (Å²) in [5, 5.41) is 9.23. The van der Waals surface area contributed by atoms with Crippen molar-refractivity contribution in [1.29, 1.82) is 0 Å². The number of hydrogen-bond donors (Lipinski definition) is 1. The van der Waals surface area contributed by atoms with E-state index in [-0.39, 0.29) is 35.6 Å². The van der Waals surface area contributed by atoms with E-state index in [1.807, 2.05) is 0 Å². The summed E-state index contributed by atoms with van der Waals surface area (Å²) in [7, 11) is 0. The van der Waals surface area contributed by atoms with Gasteiger partial charge in [-0.15, -0.1) is 0 Å². The van der Waals surface area contributed by atoms with Crippen molar-refractivity contribution in [3.63, 3.8) is 0 Å². The van der Waals surface area contributed by atoms with Crippen molar-refractivity contribution in [3.8, 4) is 5.75 Å². The summed E-state index contributed by atoms with van der Waals surface area (Å²) in [6.07, 6.45) is 0. The number of benzene rings is 1. The van der Waals surface area contributed by atoms with Gasteiger partial charge in [0.1, 0.15) is 12.4 Å². The van der Waals surface area contributed by atoms with Crippen LogP contribution in [0.15, 0.2) is 29.2 Å². The summed E-state index contributed by atoms with van der Waals surface area (Å²) < 4.78 is 47.6. The number of thioether (sulfide) groups is 1. The normalized spacial score (nSPS) is 17.9. The van der Waals surface area contributed by atoms with E-state index in [0.29, 0.717) is 13.2 Å². The van der Waals surface area contributed by atoms with E-state index >= 15 is 0 Å². The maximum absolute atomic E-state index is 12.4. The molecule has 1 aliphatic heterocycles. The second-order valence-electron chi connectivity index (χ2n) is 4.43. The molecule has 0 spiro atoms. The molecule has 0 aliphatic carbocycles. The zero-order chi connectivity index (χ0) is 13.9. The smallest absolute Gasteiger partial charge is 0.446 e. The lowest BCUT2D eigenvalue weighted by molar-refractivity contribution is -0.153. The Hall–Kier alpha value is -0.920. The summed E-state index contributed by atoms with van der Waals surface area (Å²) in [5.74, 6) is 0.171. The largest absolute Gasteiger partial charge is 0.492 e. The summed E-state index contributed by atoms with van der Waals surface area (Å²) in [6, 6.07) is 5.98. The lowest BCUT2D eigenvalue weighted by Gasteiger charge is -2.39. The lowest BCUT2D eigenvalue weighted by atomic mass is 9.88. The van der Waals surface area contributed by atoms with Gasteiger partial charge in [0.25, 0.3) is 0 Å². The van der Waals surface area contributed by atoms with Crippen LogP contribution in [0.1, 0.15) is 0 Å². The van der Waals surface area contributed by atoms with E-state index < -0.39 is 10.9 Å². The molecule has 2 rings (SSSR count). The average Bonchev–Trinajstić information content (AvgIpc) is 2.28. The molecule has 0 radical (unpaired) electrons. The van der Waals surface area contributed by atoms with Crippen LogP contribution in [0, 0.1) is 5.41 Å². The Morgan fingerprint density at radius 2 is 2.00 bits per heavy atom. The molecule has 1 aromatic rings. The van der Waals surface area contributed by atoms with Gasteiger partial charge in [-0.05, 0) is 23.9 Å². The van der Waals surface area contributed by atoms with Crippen molar-refractivity contribution in [2.45, 2.75) is 10.4 Å². The lowest BCUT2D eigenvalue weighted by Crippen LogP contribution is -2.49. The summed E-state index contributed by atoms with van der Waals surface area (Å²) in [6.45, 7) is 0.747. The zero-order valence-corrected chi connectivity index (χ0v) is 10.8. The highest BCUT2D eigenvalue weighted by Crippen LogP contribution is 2.41. The van der Waals surface area contributed by atoms with E-state index in [2.05, 4.69) is 0 Å². The van der Waals surface area contributed by atoms with Crippen LogP contribution in [0.25, 0.3) is 0 Å². The highest BCUT2D eigenvalue weighted by molar-refractivity contribution is 8.00. The molecule has 1 heterocycles. The quantitative estimate of drug-likeness (QED) is 0.847. The number of halogens is 3. The van der Waals surface area contributed by atoms with Gasteiger partial charge in [-0.2, -0.15) is 13.2 Å². The number of alkyl halides is 3. The van der Waals surface area contributed by atoms with Crippen molar-refractivity contribution in [2.24, 2.45) is 5.41 Å². The number of hydrogen-bond acceptors (Lipinski definition) is 4. The average molecular weight is 294 g/mol. The Morgan fingerprint density at radius 1 is 1.32 bits per heavy atom. The van der Waals surface area contributed by atoms with E-state index in [0.717, 1.165) is 0 Å². The molecule has 0 unspecified atom stereocenters. The van der Waals surface area contributed by atoms with Crippen molar-refractivity contribution in [3.05, 3.63) is 24.3 Å². The van der Waals surface area contributed by atoms with Crippen molar-refractivity contribution < 1.29 is 27.8 Å². The first-order valence-corrected chi connectivity index (χ1v) is 6.42. The molecule has 0 atom stereocenters. The topological polar surface area (TPSA) is 38.7 Å². The fourth-order valence-corrected chi connectivity index (χ4v) is 2.24. The third-order valence-electron chi connectivity index (χ3n) is 2.76. The molecule has 1 N–H and O–H groups in total. The molecule has 1 aromatic carbocycles. The predicted molar refractivity (Wildman–Crippen MR) is 64.2 cm³/mol. The van der Waals surface area contributed by atoms with Gasteiger partial charge in [-0.3, -0.25) is 0 Å². The van der Waals surface area contributed by atoms with Crippen LogP contribution in [0.2, 0.25) is 0 Å². The highest BCUT2D eigenvalue weighted by Gasteiger charge is 2.39. The molecule has 1 fully saturated rings. The van der Waals surface area contributed by atoms with Crippen LogP contribution in [-0.4, -0.2) is 37.0 Å². The minimum absolute atomic E-state index is 0.0170. The molecular weight excluding hydrogens is 281 g/mol. The third-order valence-corrected chi connectivity index (χ3v) is 3.55. The van der Waals surface area contributed by atoms with Crippen molar-refractivity contribution >= 4 is 11.8 Å². The molecule has 0 aromatic heterocycles. The Kier molecular flexibility index (Phi) is 4.27. The third kappa shape index (κ3) is 3.77. The molecule has 106 valence electrons.